The van der Waals surface area contributed by atoms with E-state index in [-0.39, 0.29) is 5.57 Å². The largest absolute Gasteiger partial charge is 0.502 e. The summed E-state index contributed by atoms with van der Waals surface area (Å²) in [6, 6.07) is 14.2. The minimum atomic E-state index is -0.703. The highest BCUT2D eigenvalue weighted by Crippen LogP contribution is 2.33. The first-order valence-electron chi connectivity index (χ1n) is 10.0. The molecule has 2 aromatic carbocycles. The van der Waals surface area contributed by atoms with Crippen LogP contribution in [0.2, 0.25) is 0 Å². The van der Waals surface area contributed by atoms with Crippen LogP contribution in [0.1, 0.15) is 31.7 Å². The van der Waals surface area contributed by atoms with E-state index in [1.165, 1.54) is 12.8 Å². The summed E-state index contributed by atoms with van der Waals surface area (Å²) < 4.78 is 5.55. The highest BCUT2D eigenvalue weighted by molar-refractivity contribution is 6.44. The number of nitrogens with zero attached hydrogens (tertiary/aromatic N) is 2. The van der Waals surface area contributed by atoms with Crippen LogP contribution in [-0.2, 0) is 9.59 Å². The molecule has 0 atom stereocenters. The van der Waals surface area contributed by atoms with Gasteiger partial charge in [0.15, 0.2) is 5.76 Å². The summed E-state index contributed by atoms with van der Waals surface area (Å²) >= 11 is 0. The maximum Gasteiger partial charge on any atom is 0.301 e. The summed E-state index contributed by atoms with van der Waals surface area (Å²) in [5.41, 5.74) is 2.03. The van der Waals surface area contributed by atoms with Crippen molar-refractivity contribution >= 4 is 28.8 Å². The number of carbonyl (C=O) groups excluding carboxylic acids is 2. The van der Waals surface area contributed by atoms with E-state index < -0.39 is 17.6 Å². The van der Waals surface area contributed by atoms with Gasteiger partial charge in [-0.2, -0.15) is 0 Å². The Morgan fingerprint density at radius 2 is 1.52 bits per heavy atom. The van der Waals surface area contributed by atoms with Crippen molar-refractivity contribution in [3.63, 3.8) is 0 Å². The molecule has 6 nitrogen and oxygen atoms in total. The SMILES string of the molecule is CCCOc1ccc(C2=C(O)C(=O)N(c3ccc(N4CCCC4)cc3)C2=O)cc1. The zero-order valence-electron chi connectivity index (χ0n) is 16.4. The van der Waals surface area contributed by atoms with Gasteiger partial charge in [0.05, 0.1) is 17.9 Å². The first-order valence-corrected chi connectivity index (χ1v) is 10.0. The topological polar surface area (TPSA) is 70.1 Å². The Labute approximate surface area is 170 Å². The molecule has 1 N–H and O–H groups in total. The molecule has 1 fully saturated rings. The van der Waals surface area contributed by atoms with E-state index in [9.17, 15) is 14.7 Å². The number of aliphatic hydroxyl groups is 1. The van der Waals surface area contributed by atoms with Crippen LogP contribution < -0.4 is 14.5 Å². The quantitative estimate of drug-likeness (QED) is 0.755. The van der Waals surface area contributed by atoms with E-state index >= 15 is 0 Å². The van der Waals surface area contributed by atoms with Crippen molar-refractivity contribution in [2.45, 2.75) is 26.2 Å². The van der Waals surface area contributed by atoms with E-state index in [1.54, 1.807) is 36.4 Å². The molecule has 0 saturated carbocycles. The lowest BCUT2D eigenvalue weighted by Gasteiger charge is -2.20. The minimum Gasteiger partial charge on any atom is -0.502 e. The van der Waals surface area contributed by atoms with Gasteiger partial charge in [-0.05, 0) is 61.2 Å². The Hall–Kier alpha value is -3.28. The van der Waals surface area contributed by atoms with Crippen molar-refractivity contribution in [2.75, 3.05) is 29.5 Å². The van der Waals surface area contributed by atoms with Gasteiger partial charge < -0.3 is 14.7 Å². The second-order valence-electron chi connectivity index (χ2n) is 7.25. The van der Waals surface area contributed by atoms with Crippen molar-refractivity contribution in [3.05, 3.63) is 59.9 Å². The van der Waals surface area contributed by atoms with Gasteiger partial charge in [-0.15, -0.1) is 0 Å². The highest BCUT2D eigenvalue weighted by atomic mass is 16.5. The molecule has 0 spiro atoms. The molecule has 6 heteroatoms. The van der Waals surface area contributed by atoms with E-state index in [0.29, 0.717) is 23.6 Å². The zero-order valence-corrected chi connectivity index (χ0v) is 16.4. The highest BCUT2D eigenvalue weighted by Gasteiger charge is 2.40. The summed E-state index contributed by atoms with van der Waals surface area (Å²) in [5, 5.41) is 10.4. The summed E-state index contributed by atoms with van der Waals surface area (Å²) in [4.78, 5) is 28.9. The predicted molar refractivity (Wildman–Crippen MR) is 112 cm³/mol. The Morgan fingerprint density at radius 1 is 0.897 bits per heavy atom. The van der Waals surface area contributed by atoms with Crippen LogP contribution in [0.3, 0.4) is 0 Å². The summed E-state index contributed by atoms with van der Waals surface area (Å²) in [6.45, 7) is 4.66. The fraction of sp³-hybridized carbons (Fsp3) is 0.304. The number of hydrogen-bond donors (Lipinski definition) is 1. The molecule has 0 bridgehead atoms. The Kier molecular flexibility index (Phi) is 5.25. The van der Waals surface area contributed by atoms with Gasteiger partial charge >= 0.3 is 5.91 Å². The fourth-order valence-corrected chi connectivity index (χ4v) is 3.74. The third-order valence-electron chi connectivity index (χ3n) is 5.25. The number of carbonyl (C=O) groups is 2. The molecule has 2 heterocycles. The zero-order chi connectivity index (χ0) is 20.4. The Morgan fingerprint density at radius 3 is 2.14 bits per heavy atom. The van der Waals surface area contributed by atoms with Crippen LogP contribution in [0.15, 0.2) is 54.3 Å². The summed E-state index contributed by atoms with van der Waals surface area (Å²) in [7, 11) is 0. The second kappa shape index (κ2) is 7.99. The monoisotopic (exact) mass is 392 g/mol. The van der Waals surface area contributed by atoms with Crippen molar-refractivity contribution in [1.29, 1.82) is 0 Å². The first kappa shape index (κ1) is 19.1. The van der Waals surface area contributed by atoms with E-state index in [2.05, 4.69) is 4.90 Å². The van der Waals surface area contributed by atoms with Crippen molar-refractivity contribution in [2.24, 2.45) is 0 Å². The van der Waals surface area contributed by atoms with Gasteiger partial charge in [0.25, 0.3) is 5.91 Å². The fourth-order valence-electron chi connectivity index (χ4n) is 3.74. The van der Waals surface area contributed by atoms with Crippen LogP contribution in [0, 0.1) is 0 Å². The first-order chi connectivity index (χ1) is 14.1. The van der Waals surface area contributed by atoms with Gasteiger partial charge in [0.2, 0.25) is 0 Å². The molecule has 29 heavy (non-hydrogen) atoms. The third kappa shape index (κ3) is 3.58. The van der Waals surface area contributed by atoms with Gasteiger partial charge in [-0.1, -0.05) is 19.1 Å². The molecule has 0 aliphatic carbocycles. The average Bonchev–Trinajstić information content (AvgIpc) is 3.35. The van der Waals surface area contributed by atoms with Gasteiger partial charge in [-0.3, -0.25) is 9.59 Å². The molecule has 2 aliphatic heterocycles. The summed E-state index contributed by atoms with van der Waals surface area (Å²) in [5.74, 6) is -1.07. The molecule has 2 amide bonds. The number of rotatable bonds is 6. The third-order valence-corrected chi connectivity index (χ3v) is 5.25. The number of ether oxygens (including phenoxy) is 1. The second-order valence-corrected chi connectivity index (χ2v) is 7.25. The molecule has 150 valence electrons. The van der Waals surface area contributed by atoms with Gasteiger partial charge in [0, 0.05) is 18.8 Å². The maximum absolute atomic E-state index is 13.0. The molecule has 0 unspecified atom stereocenters. The normalized spacial score (nSPS) is 16.9. The number of imide groups is 1. The van der Waals surface area contributed by atoms with Gasteiger partial charge in [0.1, 0.15) is 5.75 Å². The lowest BCUT2D eigenvalue weighted by atomic mass is 10.1. The van der Waals surface area contributed by atoms with E-state index in [4.69, 9.17) is 4.74 Å². The lowest BCUT2D eigenvalue weighted by molar-refractivity contribution is -0.121. The Balaban J connectivity index is 1.56. The minimum absolute atomic E-state index is 0.0145. The number of benzene rings is 2. The van der Waals surface area contributed by atoms with Crippen molar-refractivity contribution in [1.82, 2.24) is 0 Å². The maximum atomic E-state index is 13.0. The lowest BCUT2D eigenvalue weighted by Crippen LogP contribution is -2.31. The smallest absolute Gasteiger partial charge is 0.301 e. The number of hydrogen-bond acceptors (Lipinski definition) is 5. The molecular formula is C23H24N2O4. The average molecular weight is 392 g/mol. The number of aliphatic hydroxyl groups excluding tert-OH is 1. The molecule has 0 radical (unpaired) electrons. The van der Waals surface area contributed by atoms with Crippen LogP contribution in [0.25, 0.3) is 5.57 Å². The van der Waals surface area contributed by atoms with Crippen LogP contribution in [0.5, 0.6) is 5.75 Å². The van der Waals surface area contributed by atoms with E-state index in [0.717, 1.165) is 30.1 Å². The number of anilines is 2. The Bertz CT molecular complexity index is 942. The van der Waals surface area contributed by atoms with Crippen LogP contribution in [-0.4, -0.2) is 36.6 Å². The number of amides is 2. The molecule has 2 aromatic rings. The summed E-state index contributed by atoms with van der Waals surface area (Å²) in [6.07, 6.45) is 3.24. The van der Waals surface area contributed by atoms with Crippen molar-refractivity contribution in [3.8, 4) is 5.75 Å². The van der Waals surface area contributed by atoms with E-state index in [1.807, 2.05) is 19.1 Å². The van der Waals surface area contributed by atoms with Crippen molar-refractivity contribution < 1.29 is 19.4 Å². The molecule has 0 aromatic heterocycles. The predicted octanol–water partition coefficient (Wildman–Crippen LogP) is 3.92. The molecule has 2 aliphatic rings. The van der Waals surface area contributed by atoms with Crippen LogP contribution >= 0.6 is 0 Å². The molecule has 1 saturated heterocycles. The standard InChI is InChI=1S/C23H24N2O4/c1-2-15-29-19-11-5-16(6-12-19)20-21(26)23(28)25(22(20)27)18-9-7-17(8-10-18)24-13-3-4-14-24/h5-12,26H,2-4,13-15H2,1H3. The molecular weight excluding hydrogens is 368 g/mol. The van der Waals surface area contributed by atoms with Crippen LogP contribution in [0.4, 0.5) is 11.4 Å². The van der Waals surface area contributed by atoms with Gasteiger partial charge in [-0.25, -0.2) is 4.90 Å². The molecule has 4 rings (SSSR count).